The molecule has 1 saturated heterocycles. The van der Waals surface area contributed by atoms with Crippen molar-refractivity contribution in [3.05, 3.63) is 28.5 Å². The molecule has 15 heavy (non-hydrogen) atoms. The van der Waals surface area contributed by atoms with Gasteiger partial charge in [0.25, 0.3) is 0 Å². The lowest BCUT2D eigenvalue weighted by Gasteiger charge is -2.29. The molecule has 2 rings (SSSR count). The van der Waals surface area contributed by atoms with Gasteiger partial charge in [-0.15, -0.1) is 0 Å². The second-order valence-electron chi connectivity index (χ2n) is 4.02. The lowest BCUT2D eigenvalue weighted by molar-refractivity contribution is 0.0668. The van der Waals surface area contributed by atoms with E-state index in [9.17, 15) is 5.11 Å². The highest BCUT2D eigenvalue weighted by molar-refractivity contribution is 9.10. The van der Waals surface area contributed by atoms with Crippen LogP contribution in [0.1, 0.15) is 18.4 Å². The molecule has 1 aliphatic rings. The second kappa shape index (κ2) is 5.05. The van der Waals surface area contributed by atoms with Gasteiger partial charge in [-0.2, -0.15) is 0 Å². The molecule has 1 aliphatic heterocycles. The first kappa shape index (κ1) is 11.0. The van der Waals surface area contributed by atoms with E-state index in [1.54, 1.807) is 6.20 Å². The van der Waals surface area contributed by atoms with Crippen LogP contribution in [-0.4, -0.2) is 34.2 Å². The summed E-state index contributed by atoms with van der Waals surface area (Å²) in [6, 6.07) is 4.05. The van der Waals surface area contributed by atoms with Gasteiger partial charge in [0.05, 0.1) is 6.10 Å². The number of rotatable bonds is 2. The third-order valence-corrected chi connectivity index (χ3v) is 3.11. The van der Waals surface area contributed by atoms with Gasteiger partial charge in [0, 0.05) is 19.3 Å². The van der Waals surface area contributed by atoms with E-state index in [0.29, 0.717) is 0 Å². The highest BCUT2D eigenvalue weighted by Crippen LogP contribution is 2.15. The normalized spacial score (nSPS) is 22.9. The molecule has 1 atom stereocenters. The van der Waals surface area contributed by atoms with Crippen LogP contribution < -0.4 is 0 Å². The number of likely N-dealkylation sites (tertiary alicyclic amines) is 1. The molecule has 0 aliphatic carbocycles. The Kier molecular flexibility index (Phi) is 3.72. The molecular formula is C11H15BrN2O. The zero-order valence-electron chi connectivity index (χ0n) is 8.56. The maximum absolute atomic E-state index is 9.55. The highest BCUT2D eigenvalue weighted by Gasteiger charge is 2.17. The number of nitrogens with zero attached hydrogens (tertiary/aromatic N) is 2. The van der Waals surface area contributed by atoms with Crippen LogP contribution in [0.5, 0.6) is 0 Å². The van der Waals surface area contributed by atoms with E-state index in [0.717, 1.165) is 37.1 Å². The van der Waals surface area contributed by atoms with E-state index in [4.69, 9.17) is 0 Å². The van der Waals surface area contributed by atoms with Gasteiger partial charge in [0.15, 0.2) is 0 Å². The molecule has 0 aromatic carbocycles. The molecule has 3 nitrogen and oxygen atoms in total. The van der Waals surface area contributed by atoms with Crippen LogP contribution in [0.15, 0.2) is 22.9 Å². The number of aliphatic hydroxyl groups excluding tert-OH is 1. The molecule has 1 N–H and O–H groups in total. The standard InChI is InChI=1S/C11H15BrN2O/c12-11-6-9(3-4-13-11)7-14-5-1-2-10(15)8-14/h3-4,6,10,15H,1-2,5,7-8H2/t10-/m1/s1. The van der Waals surface area contributed by atoms with Crippen molar-refractivity contribution < 1.29 is 5.11 Å². The Morgan fingerprint density at radius 3 is 3.20 bits per heavy atom. The molecule has 0 saturated carbocycles. The van der Waals surface area contributed by atoms with Crippen molar-refractivity contribution in [3.8, 4) is 0 Å². The molecule has 4 heteroatoms. The average molecular weight is 271 g/mol. The van der Waals surface area contributed by atoms with Gasteiger partial charge >= 0.3 is 0 Å². The van der Waals surface area contributed by atoms with Crippen molar-refractivity contribution in [1.82, 2.24) is 9.88 Å². The molecule has 0 spiro atoms. The average Bonchev–Trinajstić information content (AvgIpc) is 2.17. The Labute approximate surface area is 98.3 Å². The summed E-state index contributed by atoms with van der Waals surface area (Å²) in [4.78, 5) is 6.38. The number of pyridine rings is 1. The first-order valence-corrected chi connectivity index (χ1v) is 6.04. The van der Waals surface area contributed by atoms with E-state index in [2.05, 4.69) is 25.8 Å². The van der Waals surface area contributed by atoms with Crippen molar-refractivity contribution in [2.75, 3.05) is 13.1 Å². The molecule has 1 aromatic rings. The Bertz CT molecular complexity index is 332. The topological polar surface area (TPSA) is 36.4 Å². The summed E-state index contributed by atoms with van der Waals surface area (Å²) >= 11 is 3.36. The first-order chi connectivity index (χ1) is 7.24. The molecule has 82 valence electrons. The quantitative estimate of drug-likeness (QED) is 0.833. The van der Waals surface area contributed by atoms with E-state index in [1.807, 2.05) is 12.1 Å². The zero-order valence-corrected chi connectivity index (χ0v) is 10.2. The van der Waals surface area contributed by atoms with Gasteiger partial charge in [0.1, 0.15) is 4.60 Å². The van der Waals surface area contributed by atoms with Crippen molar-refractivity contribution in [2.45, 2.75) is 25.5 Å². The maximum Gasteiger partial charge on any atom is 0.106 e. The fourth-order valence-electron chi connectivity index (χ4n) is 1.97. The van der Waals surface area contributed by atoms with E-state index >= 15 is 0 Å². The van der Waals surface area contributed by atoms with Crippen LogP contribution in [0.4, 0.5) is 0 Å². The minimum atomic E-state index is -0.149. The number of aromatic nitrogens is 1. The first-order valence-electron chi connectivity index (χ1n) is 5.25. The Hall–Kier alpha value is -0.450. The van der Waals surface area contributed by atoms with Gasteiger partial charge < -0.3 is 5.11 Å². The maximum atomic E-state index is 9.55. The number of halogens is 1. The van der Waals surface area contributed by atoms with Gasteiger partial charge in [0.2, 0.25) is 0 Å². The van der Waals surface area contributed by atoms with Crippen LogP contribution in [0.3, 0.4) is 0 Å². The lowest BCUT2D eigenvalue weighted by atomic mass is 10.1. The number of hydrogen-bond acceptors (Lipinski definition) is 3. The smallest absolute Gasteiger partial charge is 0.106 e. The lowest BCUT2D eigenvalue weighted by Crippen LogP contribution is -2.37. The Balaban J connectivity index is 1.96. The van der Waals surface area contributed by atoms with Crippen molar-refractivity contribution >= 4 is 15.9 Å². The summed E-state index contributed by atoms with van der Waals surface area (Å²) in [5.41, 5.74) is 1.24. The van der Waals surface area contributed by atoms with Gasteiger partial charge in [-0.05, 0) is 53.0 Å². The molecule has 1 aromatic heterocycles. The molecule has 0 amide bonds. The van der Waals surface area contributed by atoms with Gasteiger partial charge in [-0.3, -0.25) is 4.90 Å². The van der Waals surface area contributed by atoms with Crippen LogP contribution in [0.2, 0.25) is 0 Å². The molecule has 2 heterocycles. The van der Waals surface area contributed by atoms with Gasteiger partial charge in [-0.25, -0.2) is 4.98 Å². The van der Waals surface area contributed by atoms with E-state index in [1.165, 1.54) is 5.56 Å². The molecule has 1 fully saturated rings. The predicted molar refractivity (Wildman–Crippen MR) is 62.5 cm³/mol. The monoisotopic (exact) mass is 270 g/mol. The Morgan fingerprint density at radius 2 is 2.47 bits per heavy atom. The summed E-state index contributed by atoms with van der Waals surface area (Å²) in [6.45, 7) is 2.77. The summed E-state index contributed by atoms with van der Waals surface area (Å²) in [7, 11) is 0. The van der Waals surface area contributed by atoms with Crippen LogP contribution in [0, 0.1) is 0 Å². The molecule has 0 radical (unpaired) electrons. The molecule has 0 bridgehead atoms. The van der Waals surface area contributed by atoms with Crippen LogP contribution in [0.25, 0.3) is 0 Å². The van der Waals surface area contributed by atoms with E-state index < -0.39 is 0 Å². The number of β-amino-alcohol motifs (C(OH)–C–C–N with tert-alkyl or cyclic N) is 1. The summed E-state index contributed by atoms with van der Waals surface area (Å²) in [5, 5.41) is 9.55. The Morgan fingerprint density at radius 1 is 1.60 bits per heavy atom. The third-order valence-electron chi connectivity index (χ3n) is 2.68. The molecule has 0 unspecified atom stereocenters. The fourth-order valence-corrected chi connectivity index (χ4v) is 2.39. The van der Waals surface area contributed by atoms with Crippen LogP contribution in [-0.2, 0) is 6.54 Å². The van der Waals surface area contributed by atoms with Crippen molar-refractivity contribution in [1.29, 1.82) is 0 Å². The predicted octanol–water partition coefficient (Wildman–Crippen LogP) is 1.80. The number of aliphatic hydroxyl groups is 1. The highest BCUT2D eigenvalue weighted by atomic mass is 79.9. The second-order valence-corrected chi connectivity index (χ2v) is 4.83. The van der Waals surface area contributed by atoms with Crippen molar-refractivity contribution in [2.24, 2.45) is 0 Å². The molecular weight excluding hydrogens is 256 g/mol. The summed E-state index contributed by atoms with van der Waals surface area (Å²) in [6.07, 6.45) is 3.69. The van der Waals surface area contributed by atoms with E-state index in [-0.39, 0.29) is 6.10 Å². The van der Waals surface area contributed by atoms with Gasteiger partial charge in [-0.1, -0.05) is 0 Å². The summed E-state index contributed by atoms with van der Waals surface area (Å²) in [5.74, 6) is 0. The minimum absolute atomic E-state index is 0.149. The number of hydrogen-bond donors (Lipinski definition) is 1. The SMILES string of the molecule is O[C@@H]1CCCN(Cc2ccnc(Br)c2)C1. The third kappa shape index (κ3) is 3.26. The minimum Gasteiger partial charge on any atom is -0.392 e. The van der Waals surface area contributed by atoms with Crippen LogP contribution >= 0.6 is 15.9 Å². The summed E-state index contributed by atoms with van der Waals surface area (Å²) < 4.78 is 0.873. The largest absolute Gasteiger partial charge is 0.392 e. The number of piperidine rings is 1. The zero-order chi connectivity index (χ0) is 10.7. The fraction of sp³-hybridized carbons (Fsp3) is 0.545. The van der Waals surface area contributed by atoms with Crippen molar-refractivity contribution in [3.63, 3.8) is 0 Å².